The molecule has 0 spiro atoms. The first kappa shape index (κ1) is 59.9. The van der Waals surface area contributed by atoms with E-state index in [-0.39, 0.29) is 29.6 Å². The van der Waals surface area contributed by atoms with Crippen LogP contribution in [-0.4, -0.2) is 63.9 Å². The van der Waals surface area contributed by atoms with Crippen LogP contribution in [0.4, 0.5) is 0 Å². The Morgan fingerprint density at radius 1 is 0.821 bits per heavy atom. The second-order valence-electron chi connectivity index (χ2n) is 15.1. The molecule has 14 nitrogen and oxygen atoms in total. The Balaban J connectivity index is -0.000000952. The Morgan fingerprint density at radius 2 is 1.41 bits per heavy atom. The number of unbranched alkanes of at least 4 members (excludes halogenated alkanes) is 1. The van der Waals surface area contributed by atoms with Crippen molar-refractivity contribution in [3.05, 3.63) is 70.9 Å². The second-order valence-corrected chi connectivity index (χ2v) is 19.7. The van der Waals surface area contributed by atoms with Gasteiger partial charge in [0.1, 0.15) is 6.61 Å². The standard InChI is InChI=1S/C19H35O6P2.C19H35O5P2.3H2O/c1-17(2)11-8-6-5-7-9-12-18(3)13-10-14-19(4)15-16-24-26(20)25-27(21,22)23;1-14(11-13-23-26(21,22)24-25-20)7-9-16-15(2)8-10-18-17(16)6-5-12-19(18,3)4;;;/h5,7,11,13,15,20-23H,6,8-10,12,14,16H2,1-4H3;11,16-18,20-22,25H,2,5-10,12-13H2,1,3-4H3;3*1H2/q2*+1;;;/b7-5+,18-13+,19-15+;14-11+;;;/t;16-,17?,18+;;;/m.1.../s1. The lowest BCUT2D eigenvalue weighted by Crippen LogP contribution is -2.41. The molecule has 0 bridgehead atoms. The van der Waals surface area contributed by atoms with Crippen molar-refractivity contribution in [2.24, 2.45) is 23.2 Å². The minimum Gasteiger partial charge on any atom is -0.412 e. The zero-order valence-electron chi connectivity index (χ0n) is 34.6. The fourth-order valence-corrected chi connectivity index (χ4v) is 9.11. The van der Waals surface area contributed by atoms with Gasteiger partial charge in [0, 0.05) is 0 Å². The molecule has 2 rings (SSSR count). The van der Waals surface area contributed by atoms with E-state index in [9.17, 15) is 14.7 Å². The molecule has 0 saturated heterocycles. The van der Waals surface area contributed by atoms with Crippen molar-refractivity contribution in [1.29, 1.82) is 0 Å². The summed E-state index contributed by atoms with van der Waals surface area (Å²) >= 11 is 0. The van der Waals surface area contributed by atoms with E-state index in [0.29, 0.717) is 11.3 Å². The predicted octanol–water partition coefficient (Wildman–Crippen LogP) is 8.49. The molecular weight excluding hydrogens is 804 g/mol. The van der Waals surface area contributed by atoms with Crippen LogP contribution >= 0.6 is 34.0 Å². The van der Waals surface area contributed by atoms with Gasteiger partial charge in [0.15, 0.2) is 0 Å². The van der Waals surface area contributed by atoms with E-state index in [1.54, 1.807) is 6.08 Å². The average Bonchev–Trinajstić information content (AvgIpc) is 3.03. The molecule has 56 heavy (non-hydrogen) atoms. The van der Waals surface area contributed by atoms with E-state index in [2.05, 4.69) is 74.1 Å². The lowest BCUT2D eigenvalue weighted by Gasteiger charge is -2.51. The molecule has 2 aliphatic carbocycles. The maximum atomic E-state index is 9.40. The summed E-state index contributed by atoms with van der Waals surface area (Å²) in [6.07, 6.45) is 27.3. The first-order chi connectivity index (χ1) is 24.8. The van der Waals surface area contributed by atoms with Crippen molar-refractivity contribution in [3.8, 4) is 0 Å². The summed E-state index contributed by atoms with van der Waals surface area (Å²) in [5.41, 5.74) is 6.87. The highest BCUT2D eigenvalue weighted by Gasteiger charge is 2.45. The van der Waals surface area contributed by atoms with Crippen LogP contribution in [-0.2, 0) is 17.7 Å². The van der Waals surface area contributed by atoms with E-state index in [0.717, 1.165) is 75.2 Å². The van der Waals surface area contributed by atoms with Crippen LogP contribution in [0.2, 0.25) is 0 Å². The van der Waals surface area contributed by atoms with Gasteiger partial charge in [-0.2, -0.15) is 24.5 Å². The maximum absolute atomic E-state index is 9.40. The van der Waals surface area contributed by atoms with Gasteiger partial charge in [0.05, 0.1) is 6.61 Å². The summed E-state index contributed by atoms with van der Waals surface area (Å²) in [6, 6.07) is 0. The van der Waals surface area contributed by atoms with Gasteiger partial charge in [0.25, 0.3) is 0 Å². The normalized spacial score (nSPS) is 21.0. The smallest absolute Gasteiger partial charge is 0.412 e. The SMILES string of the molecule is C=C1CC[C@H]2C(CCCC2(C)C)[C@@H]1CC/C(C)=C/CO[P+](O)(O)OPO.CC(C)=CCC/C=C/CC/C(C)=C/CC/C(C)=C/COP(O)O[P+](O)(O)O.O.O.O. The Morgan fingerprint density at radius 3 is 2.04 bits per heavy atom. The van der Waals surface area contributed by atoms with Crippen molar-refractivity contribution < 1.29 is 68.4 Å². The highest BCUT2D eigenvalue weighted by Crippen LogP contribution is 2.58. The first-order valence-electron chi connectivity index (χ1n) is 18.6. The van der Waals surface area contributed by atoms with Crippen LogP contribution in [0.5, 0.6) is 0 Å². The van der Waals surface area contributed by atoms with Crippen molar-refractivity contribution >= 4 is 34.0 Å². The van der Waals surface area contributed by atoms with E-state index >= 15 is 0 Å². The Hall–Kier alpha value is -0.400. The largest absolute Gasteiger partial charge is 0.575 e. The molecule has 2 saturated carbocycles. The van der Waals surface area contributed by atoms with Gasteiger partial charge in [-0.15, -0.1) is 8.83 Å². The molecule has 0 aromatic carbocycles. The third-order valence-corrected chi connectivity index (χ3v) is 13.5. The van der Waals surface area contributed by atoms with Gasteiger partial charge in [-0.25, -0.2) is 0 Å². The molecule has 5 atom stereocenters. The van der Waals surface area contributed by atoms with Crippen LogP contribution in [0.15, 0.2) is 70.9 Å². The third kappa shape index (κ3) is 28.1. The molecule has 330 valence electrons. The number of fused-ring (bicyclic) bond motifs is 1. The average molecular weight is 881 g/mol. The molecule has 0 aliphatic heterocycles. The fourth-order valence-electron chi connectivity index (χ4n) is 7.06. The topological polar surface area (TPSA) is 273 Å². The van der Waals surface area contributed by atoms with Gasteiger partial charge in [0.2, 0.25) is 9.03 Å². The summed E-state index contributed by atoms with van der Waals surface area (Å²) in [5.74, 6) is 2.17. The molecule has 0 aromatic heterocycles. The van der Waals surface area contributed by atoms with E-state index in [1.165, 1.54) is 48.0 Å². The van der Waals surface area contributed by atoms with Crippen LogP contribution in [0.1, 0.15) is 132 Å². The molecule has 13 N–H and O–H groups in total. The molecule has 2 aliphatic rings. The van der Waals surface area contributed by atoms with Crippen LogP contribution in [0.25, 0.3) is 0 Å². The third-order valence-electron chi connectivity index (χ3n) is 9.97. The summed E-state index contributed by atoms with van der Waals surface area (Å²) in [4.78, 5) is 62.6. The fraction of sp³-hybridized carbons (Fsp3) is 0.684. The summed E-state index contributed by atoms with van der Waals surface area (Å²) in [5, 5.41) is 0. The summed E-state index contributed by atoms with van der Waals surface area (Å²) in [7, 11) is -11.9. The quantitative estimate of drug-likeness (QED) is 0.0308. The monoisotopic (exact) mass is 880 g/mol. The van der Waals surface area contributed by atoms with Gasteiger partial charge in [-0.3, -0.25) is 0 Å². The highest BCUT2D eigenvalue weighted by molar-refractivity contribution is 7.62. The maximum Gasteiger partial charge on any atom is 0.575 e. The van der Waals surface area contributed by atoms with Crippen molar-refractivity contribution in [3.63, 3.8) is 0 Å². The lowest BCUT2D eigenvalue weighted by atomic mass is 9.54. The molecule has 2 fully saturated rings. The Kier molecular flexibility index (Phi) is 33.7. The zero-order valence-corrected chi connectivity index (χ0v) is 38.3. The first-order valence-corrected chi connectivity index (χ1v) is 23.7. The van der Waals surface area contributed by atoms with Crippen LogP contribution in [0.3, 0.4) is 0 Å². The van der Waals surface area contributed by atoms with Crippen LogP contribution < -0.4 is 0 Å². The predicted molar refractivity (Wildman–Crippen MR) is 233 cm³/mol. The minimum absolute atomic E-state index is 0. The molecule has 0 radical (unpaired) electrons. The number of hydrogen-bond acceptors (Lipinski definition) is 11. The van der Waals surface area contributed by atoms with Crippen molar-refractivity contribution in [2.45, 2.75) is 132 Å². The summed E-state index contributed by atoms with van der Waals surface area (Å²) in [6.45, 7) is 19.8. The molecule has 0 amide bonds. The van der Waals surface area contributed by atoms with E-state index in [4.69, 9.17) is 28.6 Å². The second kappa shape index (κ2) is 31.5. The highest BCUT2D eigenvalue weighted by atomic mass is 31.3. The van der Waals surface area contributed by atoms with Gasteiger partial charge in [-0.1, -0.05) is 95.5 Å². The minimum atomic E-state index is -4.47. The molecule has 18 heteroatoms. The van der Waals surface area contributed by atoms with Crippen LogP contribution in [0, 0.1) is 23.2 Å². The zero-order chi connectivity index (χ0) is 40.1. The molecule has 0 aromatic rings. The molecular formula is C38H76O14P4+2. The van der Waals surface area contributed by atoms with Crippen molar-refractivity contribution in [1.82, 2.24) is 0 Å². The van der Waals surface area contributed by atoms with Gasteiger partial charge < -0.3 is 30.7 Å². The Labute approximate surface area is 340 Å². The number of allylic oxidation sites excluding steroid dienone is 9. The molecule has 3 unspecified atom stereocenters. The van der Waals surface area contributed by atoms with E-state index < -0.39 is 34.0 Å². The lowest BCUT2D eigenvalue weighted by molar-refractivity contribution is 0.0228. The van der Waals surface area contributed by atoms with Gasteiger partial charge >= 0.3 is 24.9 Å². The molecule has 0 heterocycles. The number of rotatable bonds is 22. The van der Waals surface area contributed by atoms with Crippen molar-refractivity contribution in [2.75, 3.05) is 13.2 Å². The Bertz CT molecular complexity index is 1230. The summed E-state index contributed by atoms with van der Waals surface area (Å²) < 4.78 is 18.3. The van der Waals surface area contributed by atoms with E-state index in [1.807, 2.05) is 19.9 Å². The number of hydrogen-bond donors (Lipinski definition) is 7. The van der Waals surface area contributed by atoms with Gasteiger partial charge in [-0.05, 0) is 135 Å².